The molecular weight excluding hydrogens is 207 g/mol. The van der Waals surface area contributed by atoms with Crippen LogP contribution in [0.3, 0.4) is 0 Å². The second-order valence-corrected chi connectivity index (χ2v) is 3.66. The van der Waals surface area contributed by atoms with Crippen LogP contribution in [0.4, 0.5) is 4.39 Å². The number of amides is 1. The van der Waals surface area contributed by atoms with Crippen LogP contribution in [-0.2, 0) is 11.3 Å². The summed E-state index contributed by atoms with van der Waals surface area (Å²) in [5.41, 5.74) is 1.96. The maximum Gasteiger partial charge on any atom is 0.234 e. The third-order valence-corrected chi connectivity index (χ3v) is 2.23. The number of halogens is 1. The second kappa shape index (κ2) is 5.26. The number of nitrogens with zero attached hydrogens (tertiary/aromatic N) is 1. The van der Waals surface area contributed by atoms with Gasteiger partial charge in [0.25, 0.3) is 0 Å². The van der Waals surface area contributed by atoms with Crippen molar-refractivity contribution in [1.82, 2.24) is 5.32 Å². The summed E-state index contributed by atoms with van der Waals surface area (Å²) in [6.45, 7) is 3.69. The molecule has 0 aliphatic carbocycles. The van der Waals surface area contributed by atoms with E-state index in [2.05, 4.69) is 5.32 Å². The fraction of sp³-hybridized carbons (Fsp3) is 0.333. The lowest BCUT2D eigenvalue weighted by Gasteiger charge is -2.07. The van der Waals surface area contributed by atoms with Crippen LogP contribution in [0.2, 0.25) is 0 Å². The quantitative estimate of drug-likeness (QED) is 0.846. The topological polar surface area (TPSA) is 52.9 Å². The first kappa shape index (κ1) is 12.2. The Morgan fingerprint density at radius 3 is 2.50 bits per heavy atom. The van der Waals surface area contributed by atoms with Gasteiger partial charge in [-0.1, -0.05) is 12.1 Å². The summed E-state index contributed by atoms with van der Waals surface area (Å²) in [4.78, 5) is 11.0. The number of carbonyl (C=O) groups is 1. The van der Waals surface area contributed by atoms with Crippen LogP contribution < -0.4 is 5.32 Å². The zero-order chi connectivity index (χ0) is 12.1. The van der Waals surface area contributed by atoms with Gasteiger partial charge >= 0.3 is 0 Å². The fourth-order valence-corrected chi connectivity index (χ4v) is 1.47. The number of benzene rings is 1. The molecule has 1 aromatic carbocycles. The van der Waals surface area contributed by atoms with Crippen molar-refractivity contribution in [3.63, 3.8) is 0 Å². The van der Waals surface area contributed by atoms with Crippen molar-refractivity contribution in [3.05, 3.63) is 34.6 Å². The molecule has 0 aliphatic heterocycles. The third kappa shape index (κ3) is 3.06. The minimum absolute atomic E-state index is 0.154. The lowest BCUT2D eigenvalue weighted by Crippen LogP contribution is -2.22. The van der Waals surface area contributed by atoms with Crippen molar-refractivity contribution in [1.29, 1.82) is 5.26 Å². The van der Waals surface area contributed by atoms with Gasteiger partial charge in [0.1, 0.15) is 12.2 Å². The highest BCUT2D eigenvalue weighted by Gasteiger charge is 2.05. The molecule has 4 heteroatoms. The van der Waals surface area contributed by atoms with E-state index in [4.69, 9.17) is 5.26 Å². The van der Waals surface area contributed by atoms with Crippen molar-refractivity contribution >= 4 is 5.91 Å². The van der Waals surface area contributed by atoms with Gasteiger partial charge in [0.15, 0.2) is 0 Å². The SMILES string of the molecule is Cc1cc(CNC(=O)CC#N)cc(C)c1F. The predicted octanol–water partition coefficient (Wildman–Crippen LogP) is 1.97. The van der Waals surface area contributed by atoms with Gasteiger partial charge < -0.3 is 5.32 Å². The molecule has 0 fully saturated rings. The molecule has 0 bridgehead atoms. The molecule has 0 atom stereocenters. The largest absolute Gasteiger partial charge is 0.351 e. The predicted molar refractivity (Wildman–Crippen MR) is 58.0 cm³/mol. The molecule has 84 valence electrons. The van der Waals surface area contributed by atoms with Gasteiger partial charge in [-0.05, 0) is 30.5 Å². The Kier molecular flexibility index (Phi) is 4.01. The molecule has 1 N–H and O–H groups in total. The molecule has 0 radical (unpaired) electrons. The van der Waals surface area contributed by atoms with Crippen LogP contribution in [0.1, 0.15) is 23.1 Å². The third-order valence-electron chi connectivity index (χ3n) is 2.23. The number of hydrogen-bond donors (Lipinski definition) is 1. The molecule has 0 saturated carbocycles. The van der Waals surface area contributed by atoms with E-state index in [9.17, 15) is 9.18 Å². The van der Waals surface area contributed by atoms with Crippen LogP contribution >= 0.6 is 0 Å². The number of nitriles is 1. The average molecular weight is 220 g/mol. The summed E-state index contributed by atoms with van der Waals surface area (Å²) in [6.07, 6.45) is -0.154. The van der Waals surface area contributed by atoms with Crippen molar-refractivity contribution in [2.75, 3.05) is 0 Å². The molecule has 1 aromatic rings. The normalized spacial score (nSPS) is 9.62. The number of hydrogen-bond acceptors (Lipinski definition) is 2. The number of nitrogens with one attached hydrogen (secondary N) is 1. The molecule has 0 aromatic heterocycles. The van der Waals surface area contributed by atoms with E-state index < -0.39 is 0 Å². The Morgan fingerprint density at radius 1 is 1.44 bits per heavy atom. The lowest BCUT2D eigenvalue weighted by atomic mass is 10.1. The summed E-state index contributed by atoms with van der Waals surface area (Å²) in [5.74, 6) is -0.533. The van der Waals surface area contributed by atoms with Crippen molar-refractivity contribution in [2.45, 2.75) is 26.8 Å². The zero-order valence-electron chi connectivity index (χ0n) is 9.30. The van der Waals surface area contributed by atoms with Gasteiger partial charge in [0.2, 0.25) is 5.91 Å². The highest BCUT2D eigenvalue weighted by molar-refractivity contribution is 5.77. The first-order chi connectivity index (χ1) is 7.54. The maximum atomic E-state index is 13.3. The van der Waals surface area contributed by atoms with Crippen molar-refractivity contribution in [2.24, 2.45) is 0 Å². The van der Waals surface area contributed by atoms with E-state index in [0.717, 1.165) is 5.56 Å². The average Bonchev–Trinajstić information content (AvgIpc) is 2.23. The summed E-state index contributed by atoms with van der Waals surface area (Å²) >= 11 is 0. The number of rotatable bonds is 3. The summed E-state index contributed by atoms with van der Waals surface area (Å²) in [7, 11) is 0. The summed E-state index contributed by atoms with van der Waals surface area (Å²) < 4.78 is 13.3. The Hall–Kier alpha value is -1.89. The van der Waals surface area contributed by atoms with Crippen LogP contribution in [0.5, 0.6) is 0 Å². The number of aryl methyl sites for hydroxylation is 2. The molecule has 1 rings (SSSR count). The molecule has 3 nitrogen and oxygen atoms in total. The van der Waals surface area contributed by atoms with Gasteiger partial charge in [0.05, 0.1) is 6.07 Å². The van der Waals surface area contributed by atoms with E-state index in [1.165, 1.54) is 0 Å². The second-order valence-electron chi connectivity index (χ2n) is 3.66. The Bertz CT molecular complexity index is 426. The lowest BCUT2D eigenvalue weighted by molar-refractivity contribution is -0.120. The molecule has 16 heavy (non-hydrogen) atoms. The molecule has 0 unspecified atom stereocenters. The van der Waals surface area contributed by atoms with E-state index in [-0.39, 0.29) is 18.1 Å². The monoisotopic (exact) mass is 220 g/mol. The van der Waals surface area contributed by atoms with E-state index >= 15 is 0 Å². The molecule has 0 heterocycles. The standard InChI is InChI=1S/C12H13FN2O/c1-8-5-10(6-9(2)12(8)13)7-15-11(16)3-4-14/h5-6H,3,7H2,1-2H3,(H,15,16). The highest BCUT2D eigenvalue weighted by atomic mass is 19.1. The van der Waals surface area contributed by atoms with E-state index in [0.29, 0.717) is 17.7 Å². The van der Waals surface area contributed by atoms with Crippen molar-refractivity contribution < 1.29 is 9.18 Å². The van der Waals surface area contributed by atoms with Crippen LogP contribution in [-0.4, -0.2) is 5.91 Å². The highest BCUT2D eigenvalue weighted by Crippen LogP contribution is 2.14. The molecule has 1 amide bonds. The maximum absolute atomic E-state index is 13.3. The van der Waals surface area contributed by atoms with Gasteiger partial charge in [-0.3, -0.25) is 4.79 Å². The Morgan fingerprint density at radius 2 is 2.00 bits per heavy atom. The molecule has 0 spiro atoms. The molecule has 0 saturated heterocycles. The van der Waals surface area contributed by atoms with Crippen LogP contribution in [0, 0.1) is 31.0 Å². The smallest absolute Gasteiger partial charge is 0.234 e. The van der Waals surface area contributed by atoms with Gasteiger partial charge in [-0.2, -0.15) is 5.26 Å². The van der Waals surface area contributed by atoms with Crippen molar-refractivity contribution in [3.8, 4) is 6.07 Å². The molecule has 0 aliphatic rings. The first-order valence-electron chi connectivity index (χ1n) is 4.94. The van der Waals surface area contributed by atoms with Crippen LogP contribution in [0.15, 0.2) is 12.1 Å². The minimum Gasteiger partial charge on any atom is -0.351 e. The zero-order valence-corrected chi connectivity index (χ0v) is 9.30. The van der Waals surface area contributed by atoms with Gasteiger partial charge in [0, 0.05) is 6.54 Å². The summed E-state index contributed by atoms with van der Waals surface area (Å²) in [5, 5.41) is 10.9. The van der Waals surface area contributed by atoms with E-state index in [1.807, 2.05) is 0 Å². The minimum atomic E-state index is -0.317. The number of carbonyl (C=O) groups excluding carboxylic acids is 1. The molecular formula is C12H13FN2O. The first-order valence-corrected chi connectivity index (χ1v) is 4.94. The van der Waals surface area contributed by atoms with Gasteiger partial charge in [-0.15, -0.1) is 0 Å². The fourth-order valence-electron chi connectivity index (χ4n) is 1.47. The Balaban J connectivity index is 2.69. The van der Waals surface area contributed by atoms with Gasteiger partial charge in [-0.25, -0.2) is 4.39 Å². The Labute approximate surface area is 93.9 Å². The van der Waals surface area contributed by atoms with E-state index in [1.54, 1.807) is 32.0 Å². The summed E-state index contributed by atoms with van der Waals surface area (Å²) in [6, 6.07) is 5.14. The van der Waals surface area contributed by atoms with Crippen LogP contribution in [0.25, 0.3) is 0 Å².